The zero-order valence-electron chi connectivity index (χ0n) is 11.9. The van der Waals surface area contributed by atoms with Crippen LogP contribution in [-0.2, 0) is 4.79 Å². The van der Waals surface area contributed by atoms with E-state index >= 15 is 0 Å². The van der Waals surface area contributed by atoms with Gasteiger partial charge in [0, 0.05) is 37.9 Å². The number of nitrogens with zero attached hydrogens (tertiary/aromatic N) is 2. The number of carboxylic acids is 1. The molecule has 2 N–H and O–H groups in total. The highest BCUT2D eigenvalue weighted by molar-refractivity contribution is 5.80. The smallest absolute Gasteiger partial charge is 0.323 e. The molecule has 1 fully saturated rings. The van der Waals surface area contributed by atoms with Gasteiger partial charge in [-0.3, -0.25) is 4.79 Å². The maximum Gasteiger partial charge on any atom is 0.323 e. The second-order valence-electron chi connectivity index (χ2n) is 4.73. The van der Waals surface area contributed by atoms with Crippen LogP contribution in [0.4, 0.5) is 10.5 Å². The maximum atomic E-state index is 11.8. The molecule has 7 nitrogen and oxygen atoms in total. The summed E-state index contributed by atoms with van der Waals surface area (Å²) in [6, 6.07) is 7.45. The number of benzene rings is 1. The van der Waals surface area contributed by atoms with Crippen molar-refractivity contribution in [2.24, 2.45) is 0 Å². The summed E-state index contributed by atoms with van der Waals surface area (Å²) >= 11 is 0. The molecule has 0 bridgehead atoms. The molecule has 0 aromatic heterocycles. The van der Waals surface area contributed by atoms with Crippen LogP contribution in [0.15, 0.2) is 24.3 Å². The van der Waals surface area contributed by atoms with Crippen molar-refractivity contribution in [2.45, 2.75) is 0 Å². The van der Waals surface area contributed by atoms with E-state index in [-0.39, 0.29) is 12.6 Å². The van der Waals surface area contributed by atoms with Crippen LogP contribution in [0.1, 0.15) is 0 Å². The summed E-state index contributed by atoms with van der Waals surface area (Å²) in [5, 5.41) is 10.9. The van der Waals surface area contributed by atoms with E-state index in [0.29, 0.717) is 26.2 Å². The van der Waals surface area contributed by atoms with Crippen LogP contribution in [-0.4, -0.2) is 61.8 Å². The lowest BCUT2D eigenvalue weighted by molar-refractivity contribution is -0.135. The third-order valence-electron chi connectivity index (χ3n) is 3.38. The Morgan fingerprint density at radius 3 is 2.62 bits per heavy atom. The number of carboxylic acid groups (broad SMARTS) is 1. The number of hydrogen-bond donors (Lipinski definition) is 2. The molecule has 2 amide bonds. The number of ether oxygens (including phenoxy) is 1. The lowest BCUT2D eigenvalue weighted by atomic mass is 10.2. The molecular formula is C14H19N3O4. The summed E-state index contributed by atoms with van der Waals surface area (Å²) in [5.74, 6) is -0.243. The van der Waals surface area contributed by atoms with Crippen LogP contribution >= 0.6 is 0 Å². The van der Waals surface area contributed by atoms with Gasteiger partial charge >= 0.3 is 12.0 Å². The van der Waals surface area contributed by atoms with E-state index < -0.39 is 5.97 Å². The minimum Gasteiger partial charge on any atom is -0.497 e. The van der Waals surface area contributed by atoms with E-state index in [1.54, 1.807) is 12.0 Å². The molecule has 0 saturated carbocycles. The summed E-state index contributed by atoms with van der Waals surface area (Å²) in [4.78, 5) is 26.0. The predicted molar refractivity (Wildman–Crippen MR) is 77.8 cm³/mol. The van der Waals surface area contributed by atoms with Gasteiger partial charge in [0.05, 0.1) is 7.11 Å². The second kappa shape index (κ2) is 6.83. The molecule has 1 aliphatic rings. The molecule has 1 aromatic rings. The molecule has 114 valence electrons. The Hall–Kier alpha value is -2.44. The van der Waals surface area contributed by atoms with E-state index in [1.807, 2.05) is 24.3 Å². The minimum absolute atomic E-state index is 0.331. The van der Waals surface area contributed by atoms with E-state index in [9.17, 15) is 9.59 Å². The van der Waals surface area contributed by atoms with E-state index in [1.165, 1.54) is 0 Å². The molecule has 0 unspecified atom stereocenters. The highest BCUT2D eigenvalue weighted by Crippen LogP contribution is 2.22. The Bertz CT molecular complexity index is 513. The first-order valence-corrected chi connectivity index (χ1v) is 6.73. The molecule has 1 saturated heterocycles. The maximum absolute atomic E-state index is 11.8. The Balaban J connectivity index is 1.87. The second-order valence-corrected chi connectivity index (χ2v) is 4.73. The number of piperazine rings is 1. The van der Waals surface area contributed by atoms with Gasteiger partial charge in [-0.05, 0) is 12.1 Å². The van der Waals surface area contributed by atoms with Crippen LogP contribution < -0.4 is 15.0 Å². The highest BCUT2D eigenvalue weighted by atomic mass is 16.5. The average Bonchev–Trinajstić information content (AvgIpc) is 2.52. The largest absolute Gasteiger partial charge is 0.497 e. The third kappa shape index (κ3) is 4.01. The van der Waals surface area contributed by atoms with Crippen LogP contribution in [0.2, 0.25) is 0 Å². The first-order chi connectivity index (χ1) is 10.1. The monoisotopic (exact) mass is 293 g/mol. The van der Waals surface area contributed by atoms with Crippen molar-refractivity contribution < 1.29 is 19.4 Å². The quantitative estimate of drug-likeness (QED) is 0.850. The summed E-state index contributed by atoms with van der Waals surface area (Å²) in [5.41, 5.74) is 1.06. The van der Waals surface area contributed by atoms with E-state index in [4.69, 9.17) is 9.84 Å². The number of urea groups is 1. The number of carbonyl (C=O) groups excluding carboxylic acids is 1. The van der Waals surface area contributed by atoms with Crippen LogP contribution in [0.25, 0.3) is 0 Å². The van der Waals surface area contributed by atoms with Crippen LogP contribution in [0.3, 0.4) is 0 Å². The number of methoxy groups -OCH3 is 1. The predicted octanol–water partition coefficient (Wildman–Crippen LogP) is 0.611. The fourth-order valence-corrected chi connectivity index (χ4v) is 2.24. The molecular weight excluding hydrogens is 274 g/mol. The lowest BCUT2D eigenvalue weighted by Gasteiger charge is -2.36. The fraction of sp³-hybridized carbons (Fsp3) is 0.429. The molecule has 0 atom stereocenters. The number of aliphatic carboxylic acids is 1. The van der Waals surface area contributed by atoms with Crippen molar-refractivity contribution in [1.29, 1.82) is 0 Å². The van der Waals surface area contributed by atoms with Gasteiger partial charge in [0.2, 0.25) is 0 Å². The summed E-state index contributed by atoms with van der Waals surface area (Å²) in [6.45, 7) is 2.17. The van der Waals surface area contributed by atoms with Crippen molar-refractivity contribution in [3.8, 4) is 5.75 Å². The highest BCUT2D eigenvalue weighted by Gasteiger charge is 2.21. The van der Waals surface area contributed by atoms with E-state index in [0.717, 1.165) is 11.4 Å². The minimum atomic E-state index is -1.04. The SMILES string of the molecule is COc1cccc(N2CCN(C(=O)NCC(=O)O)CC2)c1. The zero-order chi connectivity index (χ0) is 15.2. The normalized spacial score (nSPS) is 14.7. The van der Waals surface area contributed by atoms with Crippen LogP contribution in [0.5, 0.6) is 5.75 Å². The van der Waals surface area contributed by atoms with Crippen molar-refractivity contribution in [1.82, 2.24) is 10.2 Å². The summed E-state index contributed by atoms with van der Waals surface area (Å²) < 4.78 is 5.20. The number of hydrogen-bond acceptors (Lipinski definition) is 4. The third-order valence-corrected chi connectivity index (χ3v) is 3.38. The topological polar surface area (TPSA) is 82.1 Å². The molecule has 1 aliphatic heterocycles. The molecule has 21 heavy (non-hydrogen) atoms. The van der Waals surface area contributed by atoms with Gasteiger partial charge in [0.1, 0.15) is 12.3 Å². The van der Waals surface area contributed by atoms with Gasteiger partial charge in [-0.2, -0.15) is 0 Å². The van der Waals surface area contributed by atoms with Crippen molar-refractivity contribution >= 4 is 17.7 Å². The number of nitrogens with one attached hydrogen (secondary N) is 1. The summed E-state index contributed by atoms with van der Waals surface area (Å²) in [6.07, 6.45) is 0. The molecule has 0 radical (unpaired) electrons. The van der Waals surface area contributed by atoms with Crippen LogP contribution in [0, 0.1) is 0 Å². The van der Waals surface area contributed by atoms with E-state index in [2.05, 4.69) is 10.2 Å². The molecule has 0 aliphatic carbocycles. The molecule has 7 heteroatoms. The number of amides is 2. The fourth-order valence-electron chi connectivity index (χ4n) is 2.24. The lowest BCUT2D eigenvalue weighted by Crippen LogP contribution is -2.52. The Morgan fingerprint density at radius 1 is 1.29 bits per heavy atom. The van der Waals surface area contributed by atoms with Gasteiger partial charge in [-0.25, -0.2) is 4.79 Å². The number of rotatable bonds is 4. The standard InChI is InChI=1S/C14H19N3O4/c1-21-12-4-2-3-11(9-12)16-5-7-17(8-6-16)14(20)15-10-13(18)19/h2-4,9H,5-8,10H2,1H3,(H,15,20)(H,18,19). The Labute approximate surface area is 123 Å². The Kier molecular flexibility index (Phi) is 4.86. The van der Waals surface area contributed by atoms with Crippen molar-refractivity contribution in [3.63, 3.8) is 0 Å². The van der Waals surface area contributed by atoms with Gasteiger partial charge in [0.15, 0.2) is 0 Å². The summed E-state index contributed by atoms with van der Waals surface area (Å²) in [7, 11) is 1.63. The average molecular weight is 293 g/mol. The first kappa shape index (κ1) is 15.0. The zero-order valence-corrected chi connectivity index (χ0v) is 11.9. The van der Waals surface area contributed by atoms with Gasteiger partial charge in [0.25, 0.3) is 0 Å². The van der Waals surface area contributed by atoms with Gasteiger partial charge in [-0.15, -0.1) is 0 Å². The number of carbonyl (C=O) groups is 2. The van der Waals surface area contributed by atoms with Gasteiger partial charge < -0.3 is 25.0 Å². The number of anilines is 1. The molecule has 0 spiro atoms. The molecule has 1 heterocycles. The first-order valence-electron chi connectivity index (χ1n) is 6.73. The van der Waals surface area contributed by atoms with Crippen molar-refractivity contribution in [2.75, 3.05) is 44.7 Å². The molecule has 1 aromatic carbocycles. The molecule has 2 rings (SSSR count). The van der Waals surface area contributed by atoms with Gasteiger partial charge in [-0.1, -0.05) is 6.07 Å². The Morgan fingerprint density at radius 2 is 2.00 bits per heavy atom. The van der Waals surface area contributed by atoms with Crippen molar-refractivity contribution in [3.05, 3.63) is 24.3 Å².